The van der Waals surface area contributed by atoms with Crippen molar-refractivity contribution in [2.24, 2.45) is 11.7 Å². The van der Waals surface area contributed by atoms with Gasteiger partial charge in [0.05, 0.1) is 6.54 Å². The van der Waals surface area contributed by atoms with Crippen LogP contribution in [0.1, 0.15) is 19.8 Å². The molecule has 0 aliphatic carbocycles. The van der Waals surface area contributed by atoms with Crippen molar-refractivity contribution in [3.8, 4) is 0 Å². The lowest BCUT2D eigenvalue weighted by molar-refractivity contribution is -0.149. The van der Waals surface area contributed by atoms with Gasteiger partial charge in [0, 0.05) is 26.2 Å². The average Bonchev–Trinajstić information content (AvgIpc) is 2.30. The van der Waals surface area contributed by atoms with E-state index in [1.807, 2.05) is 0 Å². The first-order valence-corrected chi connectivity index (χ1v) is 6.66. The van der Waals surface area contributed by atoms with Gasteiger partial charge in [-0.15, -0.1) is 0 Å². The maximum atomic E-state index is 12.2. The van der Waals surface area contributed by atoms with E-state index in [1.165, 1.54) is 4.90 Å². The van der Waals surface area contributed by atoms with Crippen LogP contribution < -0.4 is 5.73 Å². The fraction of sp³-hybridized carbons (Fsp3) is 1.00. The number of halogens is 3. The quantitative estimate of drug-likeness (QED) is 0.792. The van der Waals surface area contributed by atoms with Crippen LogP contribution >= 0.6 is 0 Å². The van der Waals surface area contributed by atoms with Gasteiger partial charge in [-0.1, -0.05) is 13.3 Å². The van der Waals surface area contributed by atoms with E-state index in [4.69, 9.17) is 5.73 Å². The Kier molecular flexibility index (Phi) is 6.38. The second-order valence-corrected chi connectivity index (χ2v) is 5.03. The van der Waals surface area contributed by atoms with Crippen LogP contribution in [-0.4, -0.2) is 61.8 Å². The van der Waals surface area contributed by atoms with Crippen molar-refractivity contribution in [1.82, 2.24) is 9.80 Å². The molecule has 1 fully saturated rings. The number of hydrogen-bond donors (Lipinski definition) is 1. The summed E-state index contributed by atoms with van der Waals surface area (Å²) in [4.78, 5) is 3.72. The summed E-state index contributed by atoms with van der Waals surface area (Å²) in [7, 11) is 0. The molecule has 1 atom stereocenters. The zero-order chi connectivity index (χ0) is 13.6. The Balaban J connectivity index is 2.19. The first-order valence-electron chi connectivity index (χ1n) is 6.66. The van der Waals surface area contributed by atoms with Crippen molar-refractivity contribution in [3.63, 3.8) is 0 Å². The molecule has 3 nitrogen and oxygen atoms in total. The minimum absolute atomic E-state index is 0.513. The zero-order valence-electron chi connectivity index (χ0n) is 11.0. The molecule has 0 saturated carbocycles. The van der Waals surface area contributed by atoms with Crippen LogP contribution in [0.3, 0.4) is 0 Å². The first kappa shape index (κ1) is 15.7. The summed E-state index contributed by atoms with van der Waals surface area (Å²) in [5.41, 5.74) is 5.64. The van der Waals surface area contributed by atoms with E-state index in [-0.39, 0.29) is 0 Å². The Morgan fingerprint density at radius 3 is 2.11 bits per heavy atom. The Bertz CT molecular complexity index is 221. The van der Waals surface area contributed by atoms with E-state index in [0.717, 1.165) is 32.5 Å². The molecule has 0 aromatic rings. The molecule has 1 aliphatic heterocycles. The van der Waals surface area contributed by atoms with Crippen molar-refractivity contribution >= 4 is 0 Å². The third-order valence-corrected chi connectivity index (χ3v) is 3.63. The van der Waals surface area contributed by atoms with Crippen molar-refractivity contribution in [2.45, 2.75) is 25.9 Å². The van der Waals surface area contributed by atoms with Crippen LogP contribution in [0.4, 0.5) is 13.2 Å². The SMILES string of the molecule is CCC(CN)CCN1CCN(CC(F)(F)F)CC1. The zero-order valence-corrected chi connectivity index (χ0v) is 11.0. The van der Waals surface area contributed by atoms with E-state index in [1.54, 1.807) is 0 Å². The number of hydrogen-bond acceptors (Lipinski definition) is 3. The molecule has 0 spiro atoms. The molecule has 6 heteroatoms. The van der Waals surface area contributed by atoms with Gasteiger partial charge in [0.1, 0.15) is 0 Å². The minimum atomic E-state index is -4.07. The van der Waals surface area contributed by atoms with E-state index >= 15 is 0 Å². The molecule has 1 saturated heterocycles. The second kappa shape index (κ2) is 7.31. The minimum Gasteiger partial charge on any atom is -0.330 e. The van der Waals surface area contributed by atoms with Crippen LogP contribution in [0.25, 0.3) is 0 Å². The lowest BCUT2D eigenvalue weighted by Crippen LogP contribution is -2.49. The van der Waals surface area contributed by atoms with Crippen molar-refractivity contribution in [3.05, 3.63) is 0 Å². The molecule has 1 aliphatic rings. The molecule has 1 heterocycles. The van der Waals surface area contributed by atoms with Gasteiger partial charge in [0.15, 0.2) is 0 Å². The first-order chi connectivity index (χ1) is 8.44. The smallest absolute Gasteiger partial charge is 0.330 e. The van der Waals surface area contributed by atoms with E-state index < -0.39 is 12.7 Å². The van der Waals surface area contributed by atoms with Crippen LogP contribution in [0.15, 0.2) is 0 Å². The predicted molar refractivity (Wildman–Crippen MR) is 66.4 cm³/mol. The van der Waals surface area contributed by atoms with Crippen LogP contribution in [-0.2, 0) is 0 Å². The molecule has 108 valence electrons. The molecule has 0 bridgehead atoms. The standard InChI is InChI=1S/C12H24F3N3/c1-2-11(9-16)3-4-17-5-7-18(8-6-17)10-12(13,14)15/h11H,2-10,16H2,1H3. The lowest BCUT2D eigenvalue weighted by atomic mass is 10.0. The molecule has 1 rings (SSSR count). The van der Waals surface area contributed by atoms with Gasteiger partial charge in [-0.05, 0) is 25.4 Å². The van der Waals surface area contributed by atoms with Crippen LogP contribution in [0.5, 0.6) is 0 Å². The Morgan fingerprint density at radius 2 is 1.67 bits per heavy atom. The van der Waals surface area contributed by atoms with E-state index in [9.17, 15) is 13.2 Å². The monoisotopic (exact) mass is 267 g/mol. The third kappa shape index (κ3) is 6.02. The van der Waals surface area contributed by atoms with Crippen LogP contribution in [0.2, 0.25) is 0 Å². The summed E-state index contributed by atoms with van der Waals surface area (Å²) < 4.78 is 36.6. The van der Waals surface area contributed by atoms with Crippen LogP contribution in [0, 0.1) is 5.92 Å². The molecule has 0 aromatic carbocycles. The van der Waals surface area contributed by atoms with Gasteiger partial charge in [0.25, 0.3) is 0 Å². The third-order valence-electron chi connectivity index (χ3n) is 3.63. The molecular formula is C12H24F3N3. The number of nitrogens with two attached hydrogens (primary N) is 1. The summed E-state index contributed by atoms with van der Waals surface area (Å²) in [6, 6.07) is 0. The van der Waals surface area contributed by atoms with Gasteiger partial charge in [-0.3, -0.25) is 4.90 Å². The number of rotatable bonds is 6. The Hall–Kier alpha value is -0.330. The maximum absolute atomic E-state index is 12.2. The second-order valence-electron chi connectivity index (χ2n) is 5.03. The fourth-order valence-electron chi connectivity index (χ4n) is 2.28. The molecule has 0 radical (unpaired) electrons. The number of piperazine rings is 1. The van der Waals surface area contributed by atoms with Crippen molar-refractivity contribution < 1.29 is 13.2 Å². The fourth-order valence-corrected chi connectivity index (χ4v) is 2.28. The predicted octanol–water partition coefficient (Wildman–Crippen LogP) is 1.54. The summed E-state index contributed by atoms with van der Waals surface area (Å²) in [6.07, 6.45) is -1.95. The average molecular weight is 267 g/mol. The maximum Gasteiger partial charge on any atom is 0.401 e. The van der Waals surface area contributed by atoms with E-state index in [0.29, 0.717) is 25.6 Å². The normalized spacial score (nSPS) is 21.2. The molecule has 18 heavy (non-hydrogen) atoms. The Labute approximate surface area is 107 Å². The van der Waals surface area contributed by atoms with E-state index in [2.05, 4.69) is 11.8 Å². The topological polar surface area (TPSA) is 32.5 Å². The van der Waals surface area contributed by atoms with Gasteiger partial charge >= 0.3 is 6.18 Å². The summed E-state index contributed by atoms with van der Waals surface area (Å²) in [5.74, 6) is 0.540. The van der Waals surface area contributed by atoms with Crippen molar-refractivity contribution in [2.75, 3.05) is 45.8 Å². The largest absolute Gasteiger partial charge is 0.401 e. The molecule has 0 aromatic heterocycles. The van der Waals surface area contributed by atoms with Gasteiger partial charge in [-0.2, -0.15) is 13.2 Å². The lowest BCUT2D eigenvalue weighted by Gasteiger charge is -2.35. The molecule has 2 N–H and O–H groups in total. The summed E-state index contributed by atoms with van der Waals surface area (Å²) >= 11 is 0. The summed E-state index contributed by atoms with van der Waals surface area (Å²) in [5, 5.41) is 0. The highest BCUT2D eigenvalue weighted by Crippen LogP contribution is 2.17. The van der Waals surface area contributed by atoms with Gasteiger partial charge in [0.2, 0.25) is 0 Å². The molecular weight excluding hydrogens is 243 g/mol. The highest BCUT2D eigenvalue weighted by molar-refractivity contribution is 4.74. The Morgan fingerprint density at radius 1 is 1.11 bits per heavy atom. The highest BCUT2D eigenvalue weighted by Gasteiger charge is 2.32. The van der Waals surface area contributed by atoms with Gasteiger partial charge in [-0.25, -0.2) is 0 Å². The number of nitrogens with zero attached hydrogens (tertiary/aromatic N) is 2. The van der Waals surface area contributed by atoms with Crippen molar-refractivity contribution in [1.29, 1.82) is 0 Å². The molecule has 1 unspecified atom stereocenters. The number of alkyl halides is 3. The van der Waals surface area contributed by atoms with Gasteiger partial charge < -0.3 is 10.6 Å². The summed E-state index contributed by atoms with van der Waals surface area (Å²) in [6.45, 7) is 5.49. The molecule has 0 amide bonds. The highest BCUT2D eigenvalue weighted by atomic mass is 19.4.